The second kappa shape index (κ2) is 9.32. The fourth-order valence-electron chi connectivity index (χ4n) is 4.85. The van der Waals surface area contributed by atoms with Crippen LogP contribution in [-0.2, 0) is 6.42 Å². The van der Waals surface area contributed by atoms with Crippen LogP contribution < -0.4 is 5.32 Å². The molecule has 7 nitrogen and oxygen atoms in total. The number of nitrogens with zero attached hydrogens (tertiary/aromatic N) is 6. The molecule has 0 spiro atoms. The molecule has 0 amide bonds. The molecule has 0 saturated carbocycles. The summed E-state index contributed by atoms with van der Waals surface area (Å²) in [6.45, 7) is 3.54. The maximum atomic E-state index is 14.1. The van der Waals surface area contributed by atoms with Gasteiger partial charge < -0.3 is 10.2 Å². The van der Waals surface area contributed by atoms with Crippen LogP contribution in [0.5, 0.6) is 0 Å². The summed E-state index contributed by atoms with van der Waals surface area (Å²) in [6.07, 6.45) is 1.29. The molecule has 3 atom stereocenters. The van der Waals surface area contributed by atoms with Gasteiger partial charge in [-0.3, -0.25) is 9.98 Å². The summed E-state index contributed by atoms with van der Waals surface area (Å²) in [5.41, 5.74) is 4.95. The van der Waals surface area contributed by atoms with Crippen LogP contribution in [0.4, 0.5) is 24.8 Å². The number of aromatic nitrogens is 4. The third kappa shape index (κ3) is 4.64. The second-order valence-corrected chi connectivity index (χ2v) is 9.30. The molecule has 0 bridgehead atoms. The fraction of sp³-hybridized carbons (Fsp3) is 0.500. The summed E-state index contributed by atoms with van der Waals surface area (Å²) in [5.74, 6) is 0.345. The predicted octanol–water partition coefficient (Wildman–Crippen LogP) is 4.41. The van der Waals surface area contributed by atoms with Crippen LogP contribution in [0.25, 0.3) is 16.8 Å². The predicted molar refractivity (Wildman–Crippen MR) is 126 cm³/mol. The van der Waals surface area contributed by atoms with E-state index < -0.39 is 12.6 Å². The van der Waals surface area contributed by atoms with Crippen LogP contribution in [0.2, 0.25) is 0 Å². The molecule has 0 radical (unpaired) electrons. The standard InChI is InChI=1S/C24H28F3N7/c1-14-15(3-6-23(26)27)9-21-20(30-14)5-4-19(31-21)17-7-8-34-22(17)11-29-24(32-34)28-10-16-12-33(2)13-18(16)25/h4-5,7-8,11,15-16,18,23H,3,6,9-10,12-13H2,1-2H3,(H,28,32)/t15?,16?,18-/m1/s1. The van der Waals surface area contributed by atoms with Crippen molar-refractivity contribution in [2.24, 2.45) is 16.8 Å². The summed E-state index contributed by atoms with van der Waals surface area (Å²) < 4.78 is 41.2. The number of aliphatic imine (C=N–C) groups is 1. The lowest BCUT2D eigenvalue weighted by Gasteiger charge is -2.22. The van der Waals surface area contributed by atoms with Crippen molar-refractivity contribution < 1.29 is 13.2 Å². The van der Waals surface area contributed by atoms with E-state index in [-0.39, 0.29) is 18.3 Å². The number of likely N-dealkylation sites (tertiary alicyclic amines) is 1. The molecule has 1 fully saturated rings. The number of hydrogen-bond donors (Lipinski definition) is 1. The van der Waals surface area contributed by atoms with Gasteiger partial charge in [-0.15, -0.1) is 5.10 Å². The Balaban J connectivity index is 1.33. The zero-order valence-electron chi connectivity index (χ0n) is 19.3. The third-order valence-corrected chi connectivity index (χ3v) is 6.77. The molecule has 34 heavy (non-hydrogen) atoms. The van der Waals surface area contributed by atoms with Crippen molar-refractivity contribution in [3.05, 3.63) is 36.3 Å². The molecule has 1 N–H and O–H groups in total. The summed E-state index contributed by atoms with van der Waals surface area (Å²) in [5, 5.41) is 7.67. The smallest absolute Gasteiger partial charge is 0.241 e. The summed E-state index contributed by atoms with van der Waals surface area (Å²) in [6, 6.07) is 5.77. The average molecular weight is 472 g/mol. The van der Waals surface area contributed by atoms with E-state index in [4.69, 9.17) is 4.98 Å². The van der Waals surface area contributed by atoms with Crippen LogP contribution in [0, 0.1) is 11.8 Å². The highest BCUT2D eigenvalue weighted by Crippen LogP contribution is 2.33. The van der Waals surface area contributed by atoms with E-state index in [1.165, 1.54) is 0 Å². The number of rotatable bonds is 7. The van der Waals surface area contributed by atoms with E-state index in [1.54, 1.807) is 10.7 Å². The number of hydrogen-bond acceptors (Lipinski definition) is 6. The van der Waals surface area contributed by atoms with Gasteiger partial charge in [-0.2, -0.15) is 0 Å². The van der Waals surface area contributed by atoms with Crippen molar-refractivity contribution >= 4 is 22.9 Å². The van der Waals surface area contributed by atoms with Gasteiger partial charge in [-0.05, 0) is 45.0 Å². The normalized spacial score (nSPS) is 22.9. The maximum Gasteiger partial charge on any atom is 0.241 e. The van der Waals surface area contributed by atoms with Gasteiger partial charge in [-0.25, -0.2) is 22.7 Å². The van der Waals surface area contributed by atoms with Gasteiger partial charge in [0.15, 0.2) is 0 Å². The Hall–Kier alpha value is -3.01. The fourth-order valence-corrected chi connectivity index (χ4v) is 4.85. The minimum Gasteiger partial charge on any atom is -0.353 e. The molecule has 10 heteroatoms. The van der Waals surface area contributed by atoms with E-state index in [0.717, 1.165) is 33.9 Å². The number of alkyl halides is 3. The quantitative estimate of drug-likeness (QED) is 0.553. The highest BCUT2D eigenvalue weighted by atomic mass is 19.3. The van der Waals surface area contributed by atoms with Crippen LogP contribution in [0.15, 0.2) is 35.6 Å². The average Bonchev–Trinajstić information content (AvgIpc) is 3.37. The number of fused-ring (bicyclic) bond motifs is 2. The first-order valence-corrected chi connectivity index (χ1v) is 11.6. The van der Waals surface area contributed by atoms with E-state index >= 15 is 0 Å². The Bertz CT molecular complexity index is 1210. The molecule has 3 aromatic heterocycles. The van der Waals surface area contributed by atoms with Crippen molar-refractivity contribution in [1.29, 1.82) is 0 Å². The van der Waals surface area contributed by atoms with Gasteiger partial charge in [0.1, 0.15) is 6.17 Å². The van der Waals surface area contributed by atoms with E-state index in [2.05, 4.69) is 20.4 Å². The van der Waals surface area contributed by atoms with E-state index in [1.807, 2.05) is 43.3 Å². The third-order valence-electron chi connectivity index (χ3n) is 6.77. The largest absolute Gasteiger partial charge is 0.353 e. The molecule has 0 aromatic carbocycles. The number of nitrogens with one attached hydrogen (secondary N) is 1. The van der Waals surface area contributed by atoms with Gasteiger partial charge in [-0.1, -0.05) is 0 Å². The summed E-state index contributed by atoms with van der Waals surface area (Å²) >= 11 is 0. The Morgan fingerprint density at radius 2 is 2.06 bits per heavy atom. The zero-order valence-corrected chi connectivity index (χ0v) is 19.3. The van der Waals surface area contributed by atoms with Gasteiger partial charge in [0.05, 0.1) is 28.8 Å². The van der Waals surface area contributed by atoms with Crippen molar-refractivity contribution in [2.75, 3.05) is 32.0 Å². The van der Waals surface area contributed by atoms with Gasteiger partial charge >= 0.3 is 0 Å². The molecule has 2 aliphatic heterocycles. The molecule has 5 heterocycles. The molecule has 3 aromatic rings. The Labute approximate surface area is 196 Å². The Morgan fingerprint density at radius 3 is 2.82 bits per heavy atom. The Kier molecular flexibility index (Phi) is 6.24. The van der Waals surface area contributed by atoms with Crippen molar-refractivity contribution in [3.63, 3.8) is 0 Å². The van der Waals surface area contributed by atoms with E-state index in [0.29, 0.717) is 38.4 Å². The minimum absolute atomic E-state index is 0.0180. The van der Waals surface area contributed by atoms with Gasteiger partial charge in [0, 0.05) is 55.4 Å². The lowest BCUT2D eigenvalue weighted by molar-refractivity contribution is 0.131. The van der Waals surface area contributed by atoms with Crippen LogP contribution in [-0.4, -0.2) is 69.5 Å². The molecule has 5 rings (SSSR count). The van der Waals surface area contributed by atoms with Gasteiger partial charge in [0.25, 0.3) is 0 Å². The van der Waals surface area contributed by atoms with E-state index in [9.17, 15) is 13.2 Å². The molecular weight excluding hydrogens is 443 g/mol. The number of halogens is 3. The van der Waals surface area contributed by atoms with Crippen LogP contribution in [0.1, 0.15) is 25.5 Å². The molecule has 1 saturated heterocycles. The van der Waals surface area contributed by atoms with Crippen LogP contribution in [0.3, 0.4) is 0 Å². The monoisotopic (exact) mass is 471 g/mol. The molecular formula is C24H28F3N7. The van der Waals surface area contributed by atoms with Crippen molar-refractivity contribution in [1.82, 2.24) is 24.5 Å². The minimum atomic E-state index is -2.31. The van der Waals surface area contributed by atoms with Gasteiger partial charge in [0.2, 0.25) is 12.4 Å². The first-order valence-electron chi connectivity index (χ1n) is 11.6. The Morgan fingerprint density at radius 1 is 1.21 bits per heavy atom. The highest BCUT2D eigenvalue weighted by Gasteiger charge is 2.30. The molecule has 2 unspecified atom stereocenters. The first kappa shape index (κ1) is 22.8. The summed E-state index contributed by atoms with van der Waals surface area (Å²) in [4.78, 5) is 15.8. The highest BCUT2D eigenvalue weighted by molar-refractivity contribution is 5.89. The second-order valence-electron chi connectivity index (χ2n) is 9.30. The SMILES string of the molecule is CC1=Nc2ccc(-c3ccn4nc(NCC5CN(C)C[C@H]5F)ncc34)nc2CC1CCC(F)F. The summed E-state index contributed by atoms with van der Waals surface area (Å²) in [7, 11) is 1.92. The molecule has 2 aliphatic rings. The maximum absolute atomic E-state index is 14.1. The van der Waals surface area contributed by atoms with Crippen molar-refractivity contribution in [2.45, 2.75) is 38.8 Å². The lowest BCUT2D eigenvalue weighted by Crippen LogP contribution is -2.23. The zero-order chi connectivity index (χ0) is 23.8. The van der Waals surface area contributed by atoms with Crippen LogP contribution >= 0.6 is 0 Å². The topological polar surface area (TPSA) is 70.7 Å². The molecule has 180 valence electrons. The number of anilines is 1. The first-order chi connectivity index (χ1) is 16.4. The molecule has 0 aliphatic carbocycles. The number of pyridine rings is 1. The lowest BCUT2D eigenvalue weighted by atomic mass is 9.90. The van der Waals surface area contributed by atoms with Crippen molar-refractivity contribution in [3.8, 4) is 11.3 Å².